The molecular weight excluding hydrogens is 376 g/mol. The summed E-state index contributed by atoms with van der Waals surface area (Å²) in [5.41, 5.74) is 2.37. The van der Waals surface area contributed by atoms with Crippen molar-refractivity contribution in [3.63, 3.8) is 0 Å². The summed E-state index contributed by atoms with van der Waals surface area (Å²) in [5, 5.41) is 3.10. The van der Waals surface area contributed by atoms with Crippen molar-refractivity contribution in [3.05, 3.63) is 65.7 Å². The molecule has 1 aliphatic carbocycles. The lowest BCUT2D eigenvalue weighted by Gasteiger charge is -2.37. The molecule has 5 heteroatoms. The van der Waals surface area contributed by atoms with Gasteiger partial charge in [-0.2, -0.15) is 0 Å². The second kappa shape index (κ2) is 9.33. The third-order valence-corrected chi connectivity index (χ3v) is 6.20. The average molecular weight is 407 g/mol. The van der Waals surface area contributed by atoms with E-state index in [0.29, 0.717) is 13.1 Å². The van der Waals surface area contributed by atoms with Gasteiger partial charge in [0.2, 0.25) is 11.8 Å². The van der Waals surface area contributed by atoms with E-state index in [1.54, 1.807) is 7.11 Å². The van der Waals surface area contributed by atoms with Crippen LogP contribution in [0.4, 0.5) is 0 Å². The Hall–Kier alpha value is -2.82. The molecule has 0 spiro atoms. The SMILES string of the molecule is COc1ccc(CCNC(=O)C2CC(c3ccccc3)CN(C(=O)C3CC3)C2)cc1. The number of carbonyl (C=O) groups excluding carboxylic acids is 2. The van der Waals surface area contributed by atoms with Crippen LogP contribution in [0, 0.1) is 11.8 Å². The van der Waals surface area contributed by atoms with Gasteiger partial charge in [0.1, 0.15) is 5.75 Å². The van der Waals surface area contributed by atoms with Gasteiger partial charge in [-0.1, -0.05) is 42.5 Å². The Labute approximate surface area is 178 Å². The number of rotatable bonds is 7. The van der Waals surface area contributed by atoms with Crippen molar-refractivity contribution < 1.29 is 14.3 Å². The first-order valence-corrected chi connectivity index (χ1v) is 10.9. The van der Waals surface area contributed by atoms with E-state index in [0.717, 1.165) is 43.5 Å². The summed E-state index contributed by atoms with van der Waals surface area (Å²) in [7, 11) is 1.65. The topological polar surface area (TPSA) is 58.6 Å². The number of amides is 2. The van der Waals surface area contributed by atoms with Crippen LogP contribution in [-0.4, -0.2) is 43.5 Å². The van der Waals surface area contributed by atoms with Crippen molar-refractivity contribution >= 4 is 11.8 Å². The average Bonchev–Trinajstić information content (AvgIpc) is 3.65. The minimum atomic E-state index is -0.164. The van der Waals surface area contributed by atoms with Gasteiger partial charge in [0.05, 0.1) is 13.0 Å². The van der Waals surface area contributed by atoms with Crippen molar-refractivity contribution in [2.45, 2.75) is 31.6 Å². The molecule has 2 aromatic rings. The Morgan fingerprint density at radius 2 is 1.73 bits per heavy atom. The zero-order valence-electron chi connectivity index (χ0n) is 17.5. The number of hydrogen-bond acceptors (Lipinski definition) is 3. The van der Waals surface area contributed by atoms with Gasteiger partial charge >= 0.3 is 0 Å². The molecule has 1 N–H and O–H groups in total. The summed E-state index contributed by atoms with van der Waals surface area (Å²) in [6.07, 6.45) is 3.54. The van der Waals surface area contributed by atoms with E-state index in [2.05, 4.69) is 17.4 Å². The summed E-state index contributed by atoms with van der Waals surface area (Å²) >= 11 is 0. The maximum absolute atomic E-state index is 13.0. The number of hydrogen-bond donors (Lipinski definition) is 1. The molecular formula is C25H30N2O3. The quantitative estimate of drug-likeness (QED) is 0.767. The highest BCUT2D eigenvalue weighted by molar-refractivity contribution is 5.83. The van der Waals surface area contributed by atoms with Crippen molar-refractivity contribution in [2.24, 2.45) is 11.8 Å². The van der Waals surface area contributed by atoms with E-state index >= 15 is 0 Å². The van der Waals surface area contributed by atoms with Crippen LogP contribution in [0.5, 0.6) is 5.75 Å². The molecule has 1 saturated heterocycles. The molecule has 158 valence electrons. The van der Waals surface area contributed by atoms with E-state index in [1.807, 2.05) is 47.4 Å². The molecule has 1 aliphatic heterocycles. The molecule has 2 amide bonds. The Bertz CT molecular complexity index is 862. The van der Waals surface area contributed by atoms with Crippen LogP contribution in [0.3, 0.4) is 0 Å². The number of likely N-dealkylation sites (tertiary alicyclic amines) is 1. The van der Waals surface area contributed by atoms with Gasteiger partial charge in [-0.15, -0.1) is 0 Å². The summed E-state index contributed by atoms with van der Waals surface area (Å²) < 4.78 is 5.19. The highest BCUT2D eigenvalue weighted by atomic mass is 16.5. The van der Waals surface area contributed by atoms with Crippen LogP contribution in [0.25, 0.3) is 0 Å². The van der Waals surface area contributed by atoms with E-state index < -0.39 is 0 Å². The summed E-state index contributed by atoms with van der Waals surface area (Å²) in [6, 6.07) is 18.2. The molecule has 4 rings (SSSR count). The number of nitrogens with zero attached hydrogens (tertiary/aromatic N) is 1. The molecule has 2 fully saturated rings. The Morgan fingerprint density at radius 3 is 2.40 bits per heavy atom. The molecule has 1 saturated carbocycles. The highest BCUT2D eigenvalue weighted by Gasteiger charge is 2.39. The molecule has 2 atom stereocenters. The van der Waals surface area contributed by atoms with E-state index in [4.69, 9.17) is 4.74 Å². The summed E-state index contributed by atoms with van der Waals surface area (Å²) in [4.78, 5) is 27.6. The van der Waals surface area contributed by atoms with Gasteiger partial charge in [0.15, 0.2) is 0 Å². The lowest BCUT2D eigenvalue weighted by atomic mass is 9.84. The fourth-order valence-electron chi connectivity index (χ4n) is 4.29. The largest absolute Gasteiger partial charge is 0.497 e. The van der Waals surface area contributed by atoms with Crippen molar-refractivity contribution in [1.29, 1.82) is 0 Å². The molecule has 1 heterocycles. The first-order chi connectivity index (χ1) is 14.6. The summed E-state index contributed by atoms with van der Waals surface area (Å²) in [6.45, 7) is 1.84. The monoisotopic (exact) mass is 406 g/mol. The first-order valence-electron chi connectivity index (χ1n) is 10.9. The summed E-state index contributed by atoms with van der Waals surface area (Å²) in [5.74, 6) is 1.34. The predicted octanol–water partition coefficient (Wildman–Crippen LogP) is 3.40. The maximum Gasteiger partial charge on any atom is 0.225 e. The standard InChI is InChI=1S/C25H30N2O3/c1-30-23-11-7-18(8-12-23)13-14-26-24(28)22-15-21(19-5-3-2-4-6-19)16-27(17-22)25(29)20-9-10-20/h2-8,11-12,20-22H,9-10,13-17H2,1H3,(H,26,28). The third kappa shape index (κ3) is 5.02. The fraction of sp³-hybridized carbons (Fsp3) is 0.440. The number of nitrogens with one attached hydrogen (secondary N) is 1. The van der Waals surface area contributed by atoms with Crippen LogP contribution in [-0.2, 0) is 16.0 Å². The van der Waals surface area contributed by atoms with Crippen molar-refractivity contribution in [1.82, 2.24) is 10.2 Å². The van der Waals surface area contributed by atoms with Crippen molar-refractivity contribution in [2.75, 3.05) is 26.7 Å². The molecule has 0 bridgehead atoms. The van der Waals surface area contributed by atoms with Crippen LogP contribution in [0.2, 0.25) is 0 Å². The first kappa shape index (κ1) is 20.5. The molecule has 2 aromatic carbocycles. The Morgan fingerprint density at radius 1 is 1.00 bits per heavy atom. The van der Waals surface area contributed by atoms with Gasteiger partial charge in [-0.3, -0.25) is 9.59 Å². The smallest absolute Gasteiger partial charge is 0.225 e. The molecule has 2 aliphatic rings. The number of methoxy groups -OCH3 is 1. The molecule has 5 nitrogen and oxygen atoms in total. The van der Waals surface area contributed by atoms with Gasteiger partial charge in [-0.25, -0.2) is 0 Å². The number of ether oxygens (including phenoxy) is 1. The van der Waals surface area contributed by atoms with Gasteiger partial charge in [0.25, 0.3) is 0 Å². The molecule has 2 unspecified atom stereocenters. The number of benzene rings is 2. The van der Waals surface area contributed by atoms with Crippen LogP contribution in [0.1, 0.15) is 36.3 Å². The lowest BCUT2D eigenvalue weighted by Crippen LogP contribution is -2.48. The molecule has 0 aromatic heterocycles. The fourth-order valence-corrected chi connectivity index (χ4v) is 4.29. The normalized spacial score (nSPS) is 21.2. The van der Waals surface area contributed by atoms with Gasteiger partial charge in [-0.05, 0) is 48.9 Å². The lowest BCUT2D eigenvalue weighted by molar-refractivity contribution is -0.137. The number of piperidine rings is 1. The number of carbonyl (C=O) groups is 2. The second-order valence-corrected chi connectivity index (χ2v) is 8.45. The zero-order valence-corrected chi connectivity index (χ0v) is 17.5. The Balaban J connectivity index is 1.37. The maximum atomic E-state index is 13.0. The van der Waals surface area contributed by atoms with Gasteiger partial charge < -0.3 is 15.0 Å². The molecule has 30 heavy (non-hydrogen) atoms. The minimum Gasteiger partial charge on any atom is -0.497 e. The van der Waals surface area contributed by atoms with E-state index in [-0.39, 0.29) is 29.6 Å². The zero-order chi connectivity index (χ0) is 20.9. The van der Waals surface area contributed by atoms with Crippen LogP contribution >= 0.6 is 0 Å². The van der Waals surface area contributed by atoms with Gasteiger partial charge in [0, 0.05) is 31.5 Å². The second-order valence-electron chi connectivity index (χ2n) is 8.45. The van der Waals surface area contributed by atoms with Crippen molar-refractivity contribution in [3.8, 4) is 5.75 Å². The van der Waals surface area contributed by atoms with E-state index in [1.165, 1.54) is 5.56 Å². The minimum absolute atomic E-state index is 0.0535. The predicted molar refractivity (Wildman–Crippen MR) is 116 cm³/mol. The van der Waals surface area contributed by atoms with E-state index in [9.17, 15) is 9.59 Å². The van der Waals surface area contributed by atoms with Crippen LogP contribution in [0.15, 0.2) is 54.6 Å². The molecule has 0 radical (unpaired) electrons. The third-order valence-electron chi connectivity index (χ3n) is 6.20. The highest BCUT2D eigenvalue weighted by Crippen LogP contribution is 2.36. The van der Waals surface area contributed by atoms with Crippen LogP contribution < -0.4 is 10.1 Å². The Kier molecular flexibility index (Phi) is 6.36.